The van der Waals surface area contributed by atoms with Gasteiger partial charge in [0.1, 0.15) is 5.75 Å². The van der Waals surface area contributed by atoms with Crippen molar-refractivity contribution in [3.05, 3.63) is 64.1 Å². The molecule has 0 aliphatic carbocycles. The Morgan fingerprint density at radius 1 is 1.00 bits per heavy atom. The van der Waals surface area contributed by atoms with E-state index in [2.05, 4.69) is 18.5 Å². The average Bonchev–Trinajstić information content (AvgIpc) is 2.75. The van der Waals surface area contributed by atoms with Crippen molar-refractivity contribution in [3.8, 4) is 11.5 Å². The minimum Gasteiger partial charge on any atom is -0.494 e. The predicted octanol–water partition coefficient (Wildman–Crippen LogP) is 7.50. The molecule has 0 saturated carbocycles. The summed E-state index contributed by atoms with van der Waals surface area (Å²) in [5.74, 6) is 1.10. The number of anilines is 1. The summed E-state index contributed by atoms with van der Waals surface area (Å²) in [6.45, 7) is 6.50. The van der Waals surface area contributed by atoms with Gasteiger partial charge in [-0.3, -0.25) is 0 Å². The summed E-state index contributed by atoms with van der Waals surface area (Å²) >= 11 is 23.7. The molecule has 32 heavy (non-hydrogen) atoms. The Balaban J connectivity index is 1.76. The van der Waals surface area contributed by atoms with Crippen LogP contribution in [0.5, 0.6) is 11.5 Å². The van der Waals surface area contributed by atoms with Crippen LogP contribution >= 0.6 is 47.0 Å². The Kier molecular flexibility index (Phi) is 11.6. The van der Waals surface area contributed by atoms with Gasteiger partial charge in [0.05, 0.1) is 16.7 Å². The van der Waals surface area contributed by atoms with Crippen LogP contribution in [0.1, 0.15) is 25.7 Å². The van der Waals surface area contributed by atoms with Gasteiger partial charge in [0.25, 0.3) is 5.17 Å². The number of unbranched alkanes of at least 4 members (excludes halogenated alkanes) is 3. The van der Waals surface area contributed by atoms with Gasteiger partial charge in [0.2, 0.25) is 0 Å². The van der Waals surface area contributed by atoms with Crippen LogP contribution in [0.3, 0.4) is 0 Å². The van der Waals surface area contributed by atoms with Crippen LogP contribution in [-0.4, -0.2) is 43.9 Å². The Morgan fingerprint density at radius 2 is 1.62 bits per heavy atom. The molecule has 0 radical (unpaired) electrons. The standard InChI is InChI=1S/C24H29Cl3N2O2S/c1-4-13-28(2)14-7-5-6-8-15-30-20-11-9-19(10-12-20)29(3)24(32)31-23-21(26)16-18(25)17-22(23)27/h4,9-12,16-17H,1,5-8,13-15H2,2-3H3. The van der Waals surface area contributed by atoms with Crippen molar-refractivity contribution >= 4 is 57.9 Å². The van der Waals surface area contributed by atoms with Crippen LogP contribution in [0.15, 0.2) is 49.1 Å². The lowest BCUT2D eigenvalue weighted by atomic mass is 10.2. The van der Waals surface area contributed by atoms with Crippen LogP contribution in [0.2, 0.25) is 15.1 Å². The first-order valence-electron chi connectivity index (χ1n) is 10.4. The molecule has 174 valence electrons. The summed E-state index contributed by atoms with van der Waals surface area (Å²) < 4.78 is 11.6. The quantitative estimate of drug-likeness (QED) is 0.165. The zero-order valence-electron chi connectivity index (χ0n) is 18.5. The summed E-state index contributed by atoms with van der Waals surface area (Å²) in [5, 5.41) is 1.23. The minimum atomic E-state index is 0.212. The number of rotatable bonds is 12. The second-order valence-electron chi connectivity index (χ2n) is 7.43. The molecule has 0 amide bonds. The van der Waals surface area contributed by atoms with Gasteiger partial charge in [-0.05, 0) is 75.1 Å². The van der Waals surface area contributed by atoms with E-state index in [1.807, 2.05) is 37.4 Å². The molecule has 2 aromatic carbocycles. The molecule has 8 heteroatoms. The maximum absolute atomic E-state index is 6.17. The molecule has 0 saturated heterocycles. The van der Waals surface area contributed by atoms with E-state index in [0.717, 1.165) is 37.4 Å². The highest BCUT2D eigenvalue weighted by Crippen LogP contribution is 2.36. The third-order valence-electron chi connectivity index (χ3n) is 4.79. The van der Waals surface area contributed by atoms with E-state index in [9.17, 15) is 0 Å². The van der Waals surface area contributed by atoms with Crippen molar-refractivity contribution in [2.24, 2.45) is 0 Å². The number of halogens is 3. The highest BCUT2D eigenvalue weighted by Gasteiger charge is 2.15. The number of ether oxygens (including phenoxy) is 2. The van der Waals surface area contributed by atoms with Gasteiger partial charge in [-0.1, -0.05) is 53.7 Å². The third-order valence-corrected chi connectivity index (χ3v) is 5.93. The summed E-state index contributed by atoms with van der Waals surface area (Å²) in [4.78, 5) is 4.00. The van der Waals surface area contributed by atoms with Crippen molar-refractivity contribution in [2.75, 3.05) is 38.7 Å². The molecule has 0 spiro atoms. The van der Waals surface area contributed by atoms with Gasteiger partial charge < -0.3 is 19.3 Å². The summed E-state index contributed by atoms with van der Waals surface area (Å²) in [6.07, 6.45) is 6.52. The van der Waals surface area contributed by atoms with Crippen LogP contribution < -0.4 is 14.4 Å². The van der Waals surface area contributed by atoms with Crippen LogP contribution in [-0.2, 0) is 0 Å². The van der Waals surface area contributed by atoms with Gasteiger partial charge in [0, 0.05) is 24.3 Å². The molecule has 0 aliphatic rings. The van der Waals surface area contributed by atoms with Crippen molar-refractivity contribution < 1.29 is 9.47 Å². The highest BCUT2D eigenvalue weighted by atomic mass is 35.5. The first-order valence-corrected chi connectivity index (χ1v) is 12.0. The molecule has 2 aromatic rings. The number of benzene rings is 2. The molecule has 0 aromatic heterocycles. The summed E-state index contributed by atoms with van der Waals surface area (Å²) in [6, 6.07) is 10.8. The van der Waals surface area contributed by atoms with E-state index < -0.39 is 0 Å². The molecule has 2 rings (SSSR count). The number of thiocarbonyl (C=S) groups is 1. The van der Waals surface area contributed by atoms with E-state index in [0.29, 0.717) is 21.7 Å². The van der Waals surface area contributed by atoms with Crippen molar-refractivity contribution in [1.82, 2.24) is 4.90 Å². The number of nitrogens with zero attached hydrogens (tertiary/aromatic N) is 2. The lowest BCUT2D eigenvalue weighted by Crippen LogP contribution is -2.29. The topological polar surface area (TPSA) is 24.9 Å². The number of hydrogen-bond donors (Lipinski definition) is 0. The maximum Gasteiger partial charge on any atom is 0.269 e. The normalized spacial score (nSPS) is 10.8. The first-order chi connectivity index (χ1) is 15.3. The fourth-order valence-electron chi connectivity index (χ4n) is 2.99. The van der Waals surface area contributed by atoms with Crippen LogP contribution in [0.25, 0.3) is 0 Å². The van der Waals surface area contributed by atoms with E-state index in [1.165, 1.54) is 12.8 Å². The molecule has 0 heterocycles. The Morgan fingerprint density at radius 3 is 2.25 bits per heavy atom. The smallest absolute Gasteiger partial charge is 0.269 e. The van der Waals surface area contributed by atoms with Crippen molar-refractivity contribution in [1.29, 1.82) is 0 Å². The third kappa shape index (κ3) is 8.80. The fourth-order valence-corrected chi connectivity index (χ4v) is 4.08. The molecular formula is C24H29Cl3N2O2S. The van der Waals surface area contributed by atoms with Gasteiger partial charge in [-0.2, -0.15) is 0 Å². The molecule has 0 N–H and O–H groups in total. The maximum atomic E-state index is 6.17. The fraction of sp³-hybridized carbons (Fsp3) is 0.375. The summed E-state index contributed by atoms with van der Waals surface area (Å²) in [5.41, 5.74) is 0.854. The van der Waals surface area contributed by atoms with E-state index in [4.69, 9.17) is 56.5 Å². The van der Waals surface area contributed by atoms with Crippen LogP contribution in [0.4, 0.5) is 5.69 Å². The molecule has 0 bridgehead atoms. The van der Waals surface area contributed by atoms with Gasteiger partial charge >= 0.3 is 0 Å². The lowest BCUT2D eigenvalue weighted by molar-refractivity contribution is 0.300. The average molecular weight is 516 g/mol. The monoisotopic (exact) mass is 514 g/mol. The highest BCUT2D eigenvalue weighted by molar-refractivity contribution is 7.80. The summed E-state index contributed by atoms with van der Waals surface area (Å²) in [7, 11) is 3.93. The van der Waals surface area contributed by atoms with E-state index in [-0.39, 0.29) is 10.9 Å². The minimum absolute atomic E-state index is 0.212. The Bertz CT molecular complexity index is 870. The zero-order valence-corrected chi connectivity index (χ0v) is 21.5. The van der Waals surface area contributed by atoms with Gasteiger partial charge in [0.15, 0.2) is 5.75 Å². The second-order valence-corrected chi connectivity index (χ2v) is 9.03. The first kappa shape index (κ1) is 26.7. The van der Waals surface area contributed by atoms with Crippen LogP contribution in [0, 0.1) is 0 Å². The van der Waals surface area contributed by atoms with Gasteiger partial charge in [-0.15, -0.1) is 6.58 Å². The van der Waals surface area contributed by atoms with E-state index >= 15 is 0 Å². The molecule has 0 aliphatic heterocycles. The van der Waals surface area contributed by atoms with E-state index in [1.54, 1.807) is 17.0 Å². The van der Waals surface area contributed by atoms with Crippen molar-refractivity contribution in [2.45, 2.75) is 25.7 Å². The predicted molar refractivity (Wildman–Crippen MR) is 141 cm³/mol. The zero-order chi connectivity index (χ0) is 23.5. The SMILES string of the molecule is C=CCN(C)CCCCCCOc1ccc(N(C)C(=S)Oc2c(Cl)cc(Cl)cc2Cl)cc1. The number of likely N-dealkylation sites (N-methyl/N-ethyl adjacent to an activating group) is 1. The largest absolute Gasteiger partial charge is 0.494 e. The molecular weight excluding hydrogens is 487 g/mol. The molecule has 0 atom stereocenters. The Hall–Kier alpha value is -1.50. The Labute approximate surface area is 211 Å². The second kappa shape index (κ2) is 13.9. The van der Waals surface area contributed by atoms with Crippen molar-refractivity contribution in [3.63, 3.8) is 0 Å². The molecule has 0 unspecified atom stereocenters. The van der Waals surface area contributed by atoms with Gasteiger partial charge in [-0.25, -0.2) is 0 Å². The lowest BCUT2D eigenvalue weighted by Gasteiger charge is -2.21. The number of hydrogen-bond acceptors (Lipinski definition) is 4. The molecule has 4 nitrogen and oxygen atoms in total. The molecule has 0 fully saturated rings.